The Morgan fingerprint density at radius 3 is 2.50 bits per heavy atom. The molecule has 0 radical (unpaired) electrons. The van der Waals surface area contributed by atoms with Crippen LogP contribution in [0.3, 0.4) is 0 Å². The Hall–Kier alpha value is -1.12. The van der Waals surface area contributed by atoms with E-state index in [1.165, 1.54) is 26.2 Å². The number of allylic oxidation sites excluding steroid dienone is 1. The van der Waals surface area contributed by atoms with Crippen LogP contribution in [0.15, 0.2) is 11.6 Å². The minimum atomic E-state index is -0.150. The first-order valence-electron chi connectivity index (χ1n) is 10.6. The zero-order chi connectivity index (χ0) is 18.7. The maximum Gasteiger partial charge on any atom is 0.302 e. The van der Waals surface area contributed by atoms with Crippen LogP contribution < -0.4 is 0 Å². The summed E-state index contributed by atoms with van der Waals surface area (Å²) in [5.41, 5.74) is 2.04. The summed E-state index contributed by atoms with van der Waals surface area (Å²) < 4.78 is 5.53. The standard InChI is InChI=1S/C23H34O3/c1-14(24)19-7-8-20-18-6-5-16-13-17(26-15(2)25)9-11-22(16,3)21(18)10-12-23(19,20)4/h5,17-21H,6-13H2,1-4H3/t17-,18+,19-,20+,21+,22-,23+/m0/s1. The van der Waals surface area contributed by atoms with Crippen LogP contribution in [0, 0.1) is 34.5 Å². The Balaban J connectivity index is 1.59. The van der Waals surface area contributed by atoms with Gasteiger partial charge in [-0.25, -0.2) is 0 Å². The molecule has 0 spiro atoms. The van der Waals surface area contributed by atoms with Crippen LogP contribution in [-0.4, -0.2) is 17.9 Å². The molecule has 144 valence electrons. The second-order valence-corrected chi connectivity index (χ2v) is 10.0. The number of fused-ring (bicyclic) bond motifs is 5. The molecule has 0 amide bonds. The third kappa shape index (κ3) is 2.60. The SMILES string of the molecule is CC(=O)O[C@H]1CC[C@@]2(C)C(=CC[C@@H]3[C@H]4CC[C@@H](C(C)=O)[C@@]4(C)CC[C@H]32)C1. The second-order valence-electron chi connectivity index (χ2n) is 10.0. The fourth-order valence-electron chi connectivity index (χ4n) is 7.63. The highest BCUT2D eigenvalue weighted by Crippen LogP contribution is 2.66. The summed E-state index contributed by atoms with van der Waals surface area (Å²) >= 11 is 0. The third-order valence-corrected chi connectivity index (χ3v) is 8.88. The molecule has 7 atom stereocenters. The van der Waals surface area contributed by atoms with Crippen molar-refractivity contribution in [2.24, 2.45) is 34.5 Å². The van der Waals surface area contributed by atoms with Crippen LogP contribution in [0.2, 0.25) is 0 Å². The molecule has 3 heteroatoms. The van der Waals surface area contributed by atoms with Gasteiger partial charge < -0.3 is 4.74 Å². The lowest BCUT2D eigenvalue weighted by atomic mass is 9.47. The van der Waals surface area contributed by atoms with E-state index in [4.69, 9.17) is 4.74 Å². The van der Waals surface area contributed by atoms with Crippen molar-refractivity contribution >= 4 is 11.8 Å². The van der Waals surface area contributed by atoms with Gasteiger partial charge in [-0.3, -0.25) is 9.59 Å². The summed E-state index contributed by atoms with van der Waals surface area (Å²) in [4.78, 5) is 23.6. The molecule has 0 aliphatic heterocycles. The molecule has 0 saturated heterocycles. The molecule has 0 heterocycles. The molecule has 0 aromatic carbocycles. The molecular weight excluding hydrogens is 324 g/mol. The smallest absolute Gasteiger partial charge is 0.302 e. The Bertz CT molecular complexity index is 650. The highest BCUT2D eigenvalue weighted by Gasteiger charge is 2.59. The van der Waals surface area contributed by atoms with Gasteiger partial charge in [0.1, 0.15) is 11.9 Å². The lowest BCUT2D eigenvalue weighted by Gasteiger charge is -2.58. The van der Waals surface area contributed by atoms with E-state index in [0.29, 0.717) is 11.7 Å². The summed E-state index contributed by atoms with van der Waals surface area (Å²) in [6.07, 6.45) is 11.6. The molecule has 3 fully saturated rings. The first-order chi connectivity index (χ1) is 12.3. The van der Waals surface area contributed by atoms with Gasteiger partial charge >= 0.3 is 5.97 Å². The first-order valence-corrected chi connectivity index (χ1v) is 10.6. The number of Topliss-reactive ketones (excluding diaryl/α,β-unsaturated/α-hetero) is 1. The largest absolute Gasteiger partial charge is 0.462 e. The maximum absolute atomic E-state index is 12.2. The molecular formula is C23H34O3. The molecule has 4 rings (SSSR count). The molecule has 0 bridgehead atoms. The second kappa shape index (κ2) is 6.21. The number of ketones is 1. The highest BCUT2D eigenvalue weighted by molar-refractivity contribution is 5.79. The molecule has 0 unspecified atom stereocenters. The summed E-state index contributed by atoms with van der Waals surface area (Å²) in [6.45, 7) is 8.21. The lowest BCUT2D eigenvalue weighted by Crippen LogP contribution is -2.51. The monoisotopic (exact) mass is 358 g/mol. The van der Waals surface area contributed by atoms with Gasteiger partial charge in [0.2, 0.25) is 0 Å². The van der Waals surface area contributed by atoms with Gasteiger partial charge in [0.15, 0.2) is 0 Å². The van der Waals surface area contributed by atoms with Crippen LogP contribution in [0.5, 0.6) is 0 Å². The van der Waals surface area contributed by atoms with Gasteiger partial charge in [-0.15, -0.1) is 0 Å². The van der Waals surface area contributed by atoms with E-state index in [9.17, 15) is 9.59 Å². The Morgan fingerprint density at radius 1 is 1.04 bits per heavy atom. The highest BCUT2D eigenvalue weighted by atomic mass is 16.5. The van der Waals surface area contributed by atoms with Gasteiger partial charge in [-0.2, -0.15) is 0 Å². The van der Waals surface area contributed by atoms with E-state index in [0.717, 1.165) is 43.9 Å². The minimum absolute atomic E-state index is 0.0748. The van der Waals surface area contributed by atoms with Gasteiger partial charge in [-0.05, 0) is 80.5 Å². The molecule has 3 nitrogen and oxygen atoms in total. The molecule has 0 aromatic heterocycles. The predicted molar refractivity (Wildman–Crippen MR) is 101 cm³/mol. The fourth-order valence-corrected chi connectivity index (χ4v) is 7.63. The summed E-state index contributed by atoms with van der Waals surface area (Å²) in [7, 11) is 0. The Morgan fingerprint density at radius 2 is 1.81 bits per heavy atom. The van der Waals surface area contributed by atoms with E-state index in [-0.39, 0.29) is 28.8 Å². The van der Waals surface area contributed by atoms with Crippen molar-refractivity contribution < 1.29 is 14.3 Å². The normalized spacial score (nSPS) is 47.2. The number of carbonyl (C=O) groups is 2. The van der Waals surface area contributed by atoms with Crippen LogP contribution in [0.25, 0.3) is 0 Å². The molecule has 26 heavy (non-hydrogen) atoms. The number of rotatable bonds is 2. The van der Waals surface area contributed by atoms with Gasteiger partial charge in [-0.1, -0.05) is 25.5 Å². The van der Waals surface area contributed by atoms with Crippen LogP contribution in [0.4, 0.5) is 0 Å². The van der Waals surface area contributed by atoms with Crippen LogP contribution in [-0.2, 0) is 14.3 Å². The van der Waals surface area contributed by atoms with Gasteiger partial charge in [0.05, 0.1) is 0 Å². The Labute approximate surface area is 157 Å². The van der Waals surface area contributed by atoms with Crippen molar-refractivity contribution in [3.63, 3.8) is 0 Å². The van der Waals surface area contributed by atoms with Crippen LogP contribution in [0.1, 0.15) is 79.1 Å². The molecule has 3 saturated carbocycles. The maximum atomic E-state index is 12.2. The topological polar surface area (TPSA) is 43.4 Å². The Kier molecular flexibility index (Phi) is 4.36. The summed E-state index contributed by atoms with van der Waals surface area (Å²) in [5, 5.41) is 0. The number of esters is 1. The van der Waals surface area contributed by atoms with Crippen molar-refractivity contribution in [1.82, 2.24) is 0 Å². The molecule has 4 aliphatic rings. The van der Waals surface area contributed by atoms with Crippen molar-refractivity contribution in [3.05, 3.63) is 11.6 Å². The van der Waals surface area contributed by atoms with Crippen molar-refractivity contribution in [1.29, 1.82) is 0 Å². The van der Waals surface area contributed by atoms with E-state index < -0.39 is 0 Å². The number of hydrogen-bond donors (Lipinski definition) is 0. The molecule has 4 aliphatic carbocycles. The third-order valence-electron chi connectivity index (χ3n) is 8.88. The quantitative estimate of drug-likeness (QED) is 0.510. The number of hydrogen-bond acceptors (Lipinski definition) is 3. The van der Waals surface area contributed by atoms with E-state index in [1.54, 1.807) is 12.5 Å². The average molecular weight is 359 g/mol. The zero-order valence-corrected chi connectivity index (χ0v) is 16.8. The lowest BCUT2D eigenvalue weighted by molar-refractivity contribution is -0.149. The number of ether oxygens (including phenoxy) is 1. The van der Waals surface area contributed by atoms with E-state index >= 15 is 0 Å². The van der Waals surface area contributed by atoms with E-state index in [2.05, 4.69) is 19.9 Å². The average Bonchev–Trinajstić information content (AvgIpc) is 2.92. The van der Waals surface area contributed by atoms with E-state index in [1.807, 2.05) is 0 Å². The first kappa shape index (κ1) is 18.3. The molecule has 0 aromatic rings. The molecule has 0 N–H and O–H groups in total. The van der Waals surface area contributed by atoms with Gasteiger partial charge in [0, 0.05) is 19.3 Å². The van der Waals surface area contributed by atoms with Crippen molar-refractivity contribution in [2.75, 3.05) is 0 Å². The minimum Gasteiger partial charge on any atom is -0.462 e. The predicted octanol–water partition coefficient (Wildman–Crippen LogP) is 5.09. The zero-order valence-electron chi connectivity index (χ0n) is 16.8. The van der Waals surface area contributed by atoms with Crippen molar-refractivity contribution in [3.8, 4) is 0 Å². The summed E-state index contributed by atoms with van der Waals surface area (Å²) in [6, 6.07) is 0. The fraction of sp³-hybridized carbons (Fsp3) is 0.826. The summed E-state index contributed by atoms with van der Waals surface area (Å²) in [5.74, 6) is 2.72. The number of carbonyl (C=O) groups excluding carboxylic acids is 2. The van der Waals surface area contributed by atoms with Crippen molar-refractivity contribution in [2.45, 2.75) is 85.2 Å². The van der Waals surface area contributed by atoms with Crippen LogP contribution >= 0.6 is 0 Å². The van der Waals surface area contributed by atoms with Gasteiger partial charge in [0.25, 0.3) is 0 Å².